The molecule has 2 rings (SSSR count). The predicted octanol–water partition coefficient (Wildman–Crippen LogP) is 1.60. The van der Waals surface area contributed by atoms with Gasteiger partial charge in [0, 0.05) is 11.3 Å². The zero-order chi connectivity index (χ0) is 19.3. The standard InChI is InChI=1S/C18H24N2O6/c1-5-26-17(22)14-11(2)20(9-10-21)18(23)19-15(14)12-7-6-8-13(24-3)16(12)25-4/h6-8,15,21H,5,9-10H2,1-4H3,(H,19,23)/t15-/m1/s1. The first-order chi connectivity index (χ1) is 12.5. The number of amides is 2. The molecule has 0 unspecified atom stereocenters. The minimum absolute atomic E-state index is 0.0720. The minimum Gasteiger partial charge on any atom is -0.493 e. The van der Waals surface area contributed by atoms with E-state index in [0.717, 1.165) is 0 Å². The van der Waals surface area contributed by atoms with Gasteiger partial charge in [0.05, 0.1) is 45.6 Å². The zero-order valence-corrected chi connectivity index (χ0v) is 15.4. The first-order valence-corrected chi connectivity index (χ1v) is 8.27. The second-order valence-corrected chi connectivity index (χ2v) is 5.56. The molecule has 0 saturated carbocycles. The summed E-state index contributed by atoms with van der Waals surface area (Å²) >= 11 is 0. The van der Waals surface area contributed by atoms with Crippen LogP contribution in [0.4, 0.5) is 4.79 Å². The second kappa shape index (κ2) is 8.57. The molecule has 0 spiro atoms. The highest BCUT2D eigenvalue weighted by atomic mass is 16.5. The summed E-state index contributed by atoms with van der Waals surface area (Å²) in [5, 5.41) is 12.0. The molecule has 0 aromatic heterocycles. The van der Waals surface area contributed by atoms with Crippen LogP contribution < -0.4 is 14.8 Å². The van der Waals surface area contributed by atoms with Crippen LogP contribution in [0.1, 0.15) is 25.5 Å². The predicted molar refractivity (Wildman–Crippen MR) is 93.9 cm³/mol. The van der Waals surface area contributed by atoms with Crippen LogP contribution in [-0.4, -0.2) is 56.0 Å². The maximum atomic E-state index is 12.6. The van der Waals surface area contributed by atoms with Crippen molar-refractivity contribution in [2.75, 3.05) is 34.0 Å². The quantitative estimate of drug-likeness (QED) is 0.714. The summed E-state index contributed by atoms with van der Waals surface area (Å²) in [5.41, 5.74) is 1.29. The highest BCUT2D eigenvalue weighted by Gasteiger charge is 2.38. The van der Waals surface area contributed by atoms with Gasteiger partial charge in [0.1, 0.15) is 0 Å². The summed E-state index contributed by atoms with van der Waals surface area (Å²) in [6.45, 7) is 3.41. The average molecular weight is 364 g/mol. The van der Waals surface area contributed by atoms with Crippen LogP contribution >= 0.6 is 0 Å². The molecule has 0 saturated heterocycles. The Labute approximate surface area is 152 Å². The number of nitrogens with zero attached hydrogens (tertiary/aromatic N) is 1. The molecule has 1 heterocycles. The van der Waals surface area contributed by atoms with E-state index in [1.165, 1.54) is 19.1 Å². The number of nitrogens with one attached hydrogen (secondary N) is 1. The van der Waals surface area contributed by atoms with E-state index in [-0.39, 0.29) is 25.3 Å². The monoisotopic (exact) mass is 364 g/mol. The molecule has 8 heteroatoms. The molecule has 142 valence electrons. The summed E-state index contributed by atoms with van der Waals surface area (Å²) in [6, 6.07) is 4.05. The van der Waals surface area contributed by atoms with Crippen molar-refractivity contribution in [1.82, 2.24) is 10.2 Å². The summed E-state index contributed by atoms with van der Waals surface area (Å²) in [5.74, 6) is 0.367. The number of urea groups is 1. The summed E-state index contributed by atoms with van der Waals surface area (Å²) < 4.78 is 15.9. The number of benzene rings is 1. The topological polar surface area (TPSA) is 97.3 Å². The fourth-order valence-corrected chi connectivity index (χ4v) is 3.00. The number of carbonyl (C=O) groups is 2. The number of carbonyl (C=O) groups excluding carboxylic acids is 2. The van der Waals surface area contributed by atoms with Crippen LogP contribution in [0.2, 0.25) is 0 Å². The number of aliphatic hydroxyl groups excluding tert-OH is 1. The Balaban J connectivity index is 2.62. The first-order valence-electron chi connectivity index (χ1n) is 8.27. The fourth-order valence-electron chi connectivity index (χ4n) is 3.00. The Bertz CT molecular complexity index is 716. The molecule has 1 aliphatic heterocycles. The minimum atomic E-state index is -0.762. The van der Waals surface area contributed by atoms with Gasteiger partial charge in [0.15, 0.2) is 11.5 Å². The van der Waals surface area contributed by atoms with E-state index in [1.54, 1.807) is 32.0 Å². The van der Waals surface area contributed by atoms with Crippen molar-refractivity contribution in [3.63, 3.8) is 0 Å². The molecule has 1 aromatic carbocycles. The Hall–Kier alpha value is -2.74. The number of rotatable bonds is 7. The van der Waals surface area contributed by atoms with Crippen molar-refractivity contribution >= 4 is 12.0 Å². The Morgan fingerprint density at radius 1 is 1.31 bits per heavy atom. The third-order valence-corrected chi connectivity index (χ3v) is 4.16. The number of β-amino-alcohol motifs (C(OH)–C–C–N with tert-alkyl or cyclic N) is 1. The molecule has 1 atom stereocenters. The van der Waals surface area contributed by atoms with Crippen LogP contribution in [0.5, 0.6) is 11.5 Å². The third-order valence-electron chi connectivity index (χ3n) is 4.16. The SMILES string of the molecule is CCOC(=O)C1=C(C)N(CCO)C(=O)N[C@@H]1c1cccc(OC)c1OC. The summed E-state index contributed by atoms with van der Waals surface area (Å²) in [4.78, 5) is 26.4. The van der Waals surface area contributed by atoms with Gasteiger partial charge in [-0.1, -0.05) is 12.1 Å². The van der Waals surface area contributed by atoms with E-state index >= 15 is 0 Å². The smallest absolute Gasteiger partial charge is 0.338 e. The van der Waals surface area contributed by atoms with Crippen LogP contribution in [0.15, 0.2) is 29.5 Å². The summed E-state index contributed by atoms with van der Waals surface area (Å²) in [7, 11) is 3.00. The van der Waals surface area contributed by atoms with E-state index < -0.39 is 18.0 Å². The highest BCUT2D eigenvalue weighted by Crippen LogP contribution is 2.40. The molecule has 26 heavy (non-hydrogen) atoms. The van der Waals surface area contributed by atoms with Gasteiger partial charge in [0.25, 0.3) is 0 Å². The molecule has 0 aliphatic carbocycles. The maximum Gasteiger partial charge on any atom is 0.338 e. The van der Waals surface area contributed by atoms with Crippen molar-refractivity contribution in [2.45, 2.75) is 19.9 Å². The second-order valence-electron chi connectivity index (χ2n) is 5.56. The normalized spacial score (nSPS) is 17.0. The van der Waals surface area contributed by atoms with Gasteiger partial charge >= 0.3 is 12.0 Å². The van der Waals surface area contributed by atoms with Crippen molar-refractivity contribution in [3.8, 4) is 11.5 Å². The third kappa shape index (κ3) is 3.60. The number of hydrogen-bond acceptors (Lipinski definition) is 6. The van der Waals surface area contributed by atoms with Gasteiger partial charge in [-0.05, 0) is 19.9 Å². The molecular weight excluding hydrogens is 340 g/mol. The molecule has 2 amide bonds. The lowest BCUT2D eigenvalue weighted by Crippen LogP contribution is -2.49. The molecular formula is C18H24N2O6. The molecule has 0 fully saturated rings. The van der Waals surface area contributed by atoms with E-state index in [0.29, 0.717) is 22.8 Å². The number of methoxy groups -OCH3 is 2. The molecule has 1 aliphatic rings. The Kier molecular flexibility index (Phi) is 6.46. The van der Waals surface area contributed by atoms with Crippen LogP contribution in [0.25, 0.3) is 0 Å². The number of allylic oxidation sites excluding steroid dienone is 1. The van der Waals surface area contributed by atoms with E-state index in [9.17, 15) is 14.7 Å². The largest absolute Gasteiger partial charge is 0.493 e. The number of para-hydroxylation sites is 1. The van der Waals surface area contributed by atoms with Crippen LogP contribution in [-0.2, 0) is 9.53 Å². The lowest BCUT2D eigenvalue weighted by molar-refractivity contribution is -0.139. The van der Waals surface area contributed by atoms with Crippen molar-refractivity contribution in [2.24, 2.45) is 0 Å². The van der Waals surface area contributed by atoms with E-state index in [1.807, 2.05) is 0 Å². The van der Waals surface area contributed by atoms with Crippen LogP contribution in [0, 0.1) is 0 Å². The first kappa shape index (κ1) is 19.6. The zero-order valence-electron chi connectivity index (χ0n) is 15.4. The number of esters is 1. The molecule has 1 aromatic rings. The molecule has 0 radical (unpaired) electrons. The number of ether oxygens (including phenoxy) is 3. The van der Waals surface area contributed by atoms with Gasteiger partial charge in [-0.3, -0.25) is 4.90 Å². The van der Waals surface area contributed by atoms with Gasteiger partial charge in [-0.2, -0.15) is 0 Å². The molecule has 0 bridgehead atoms. The van der Waals surface area contributed by atoms with Crippen LogP contribution in [0.3, 0.4) is 0 Å². The van der Waals surface area contributed by atoms with Crippen molar-refractivity contribution in [3.05, 3.63) is 35.0 Å². The average Bonchev–Trinajstić information content (AvgIpc) is 2.63. The van der Waals surface area contributed by atoms with Crippen molar-refractivity contribution in [1.29, 1.82) is 0 Å². The van der Waals surface area contributed by atoms with Gasteiger partial charge in [-0.25, -0.2) is 9.59 Å². The highest BCUT2D eigenvalue weighted by molar-refractivity contribution is 5.95. The van der Waals surface area contributed by atoms with Gasteiger partial charge < -0.3 is 24.6 Å². The van der Waals surface area contributed by atoms with Crippen molar-refractivity contribution < 1.29 is 28.9 Å². The summed E-state index contributed by atoms with van der Waals surface area (Å²) in [6.07, 6.45) is 0. The molecule has 8 nitrogen and oxygen atoms in total. The fraction of sp³-hybridized carbons (Fsp3) is 0.444. The van der Waals surface area contributed by atoms with Gasteiger partial charge in [-0.15, -0.1) is 0 Å². The van der Waals surface area contributed by atoms with E-state index in [4.69, 9.17) is 14.2 Å². The number of aliphatic hydroxyl groups is 1. The van der Waals surface area contributed by atoms with Gasteiger partial charge in [0.2, 0.25) is 0 Å². The Morgan fingerprint density at radius 3 is 2.62 bits per heavy atom. The lowest BCUT2D eigenvalue weighted by atomic mass is 9.94. The van der Waals surface area contributed by atoms with E-state index in [2.05, 4.69) is 5.32 Å². The molecule has 2 N–H and O–H groups in total. The Morgan fingerprint density at radius 2 is 2.04 bits per heavy atom. The number of hydrogen-bond donors (Lipinski definition) is 2. The lowest BCUT2D eigenvalue weighted by Gasteiger charge is -2.35. The maximum absolute atomic E-state index is 12.6.